The third-order valence-electron chi connectivity index (χ3n) is 4.69. The second-order valence-corrected chi connectivity index (χ2v) is 7.13. The number of nitriles is 1. The van der Waals surface area contributed by atoms with E-state index in [9.17, 15) is 28.2 Å². The van der Waals surface area contributed by atoms with E-state index >= 15 is 0 Å². The van der Waals surface area contributed by atoms with Crippen LogP contribution in [0, 0.1) is 23.2 Å². The molecular weight excluding hydrogens is 449 g/mol. The van der Waals surface area contributed by atoms with Crippen molar-refractivity contribution < 1.29 is 32.9 Å². The van der Waals surface area contributed by atoms with Gasteiger partial charge in [-0.1, -0.05) is 11.8 Å². The van der Waals surface area contributed by atoms with Crippen molar-refractivity contribution in [3.8, 4) is 29.4 Å². The minimum Gasteiger partial charge on any atom is -0.508 e. The molecule has 1 heterocycles. The molecule has 0 spiro atoms. The summed E-state index contributed by atoms with van der Waals surface area (Å²) in [6.07, 6.45) is -1.06. The molecule has 0 amide bonds. The highest BCUT2D eigenvalue weighted by Gasteiger charge is 2.33. The Labute approximate surface area is 192 Å². The second-order valence-electron chi connectivity index (χ2n) is 7.13. The van der Waals surface area contributed by atoms with Crippen LogP contribution in [0.4, 0.5) is 13.2 Å². The van der Waals surface area contributed by atoms with Gasteiger partial charge in [-0.3, -0.25) is 4.98 Å². The van der Waals surface area contributed by atoms with E-state index in [2.05, 4.69) is 16.8 Å². The van der Waals surface area contributed by atoms with Crippen LogP contribution in [0.25, 0.3) is 0 Å². The summed E-state index contributed by atoms with van der Waals surface area (Å²) >= 11 is 0. The Morgan fingerprint density at radius 2 is 1.79 bits per heavy atom. The van der Waals surface area contributed by atoms with Gasteiger partial charge < -0.3 is 14.9 Å². The second kappa shape index (κ2) is 10.4. The largest absolute Gasteiger partial charge is 0.508 e. The van der Waals surface area contributed by atoms with E-state index in [1.807, 2.05) is 6.07 Å². The number of phenols is 1. The molecule has 3 aromatic rings. The van der Waals surface area contributed by atoms with Crippen molar-refractivity contribution in [3.63, 3.8) is 0 Å². The molecule has 9 heteroatoms. The summed E-state index contributed by atoms with van der Waals surface area (Å²) in [5, 5.41) is 27.6. The number of halogens is 3. The van der Waals surface area contributed by atoms with Crippen molar-refractivity contribution in [1.29, 1.82) is 5.26 Å². The van der Waals surface area contributed by atoms with Crippen LogP contribution in [0.1, 0.15) is 44.6 Å². The molecule has 2 N–H and O–H groups in total. The Kier molecular flexibility index (Phi) is 7.39. The molecule has 0 aliphatic heterocycles. The number of aromatic hydroxyl groups is 1. The van der Waals surface area contributed by atoms with Gasteiger partial charge in [-0.25, -0.2) is 4.79 Å². The number of aryl methyl sites for hydroxylation is 1. The van der Waals surface area contributed by atoms with E-state index in [0.29, 0.717) is 41.3 Å². The molecule has 0 fully saturated rings. The number of hydrogen-bond donors (Lipinski definition) is 2. The summed E-state index contributed by atoms with van der Waals surface area (Å²) in [5.41, 5.74) is -0.103. The highest BCUT2D eigenvalue weighted by Crippen LogP contribution is 2.33. The van der Waals surface area contributed by atoms with Gasteiger partial charge in [-0.05, 0) is 54.8 Å². The van der Waals surface area contributed by atoms with Gasteiger partial charge in [-0.15, -0.1) is 0 Å². The van der Waals surface area contributed by atoms with Crippen LogP contribution >= 0.6 is 0 Å². The predicted molar refractivity (Wildman–Crippen MR) is 115 cm³/mol. The number of pyridine rings is 1. The van der Waals surface area contributed by atoms with Crippen LogP contribution in [0.2, 0.25) is 0 Å². The summed E-state index contributed by atoms with van der Waals surface area (Å²) in [7, 11) is 0. The molecule has 34 heavy (non-hydrogen) atoms. The zero-order valence-electron chi connectivity index (χ0n) is 17.6. The molecule has 0 unspecified atom stereocenters. The topological polar surface area (TPSA) is 103 Å². The summed E-state index contributed by atoms with van der Waals surface area (Å²) < 4.78 is 45.4. The third kappa shape index (κ3) is 6.27. The SMILES string of the molecule is N#Cc1cncc(OCCCc2cc(C(=O)O)ccc2C#Cc2ccc(O)cc2C(F)(F)F)c1. The molecule has 6 nitrogen and oxygen atoms in total. The lowest BCUT2D eigenvalue weighted by atomic mass is 9.99. The fourth-order valence-electron chi connectivity index (χ4n) is 3.08. The smallest absolute Gasteiger partial charge is 0.417 e. The van der Waals surface area contributed by atoms with Crippen molar-refractivity contribution in [2.45, 2.75) is 19.0 Å². The van der Waals surface area contributed by atoms with Crippen LogP contribution in [0.5, 0.6) is 11.5 Å². The number of carboxylic acids is 1. The van der Waals surface area contributed by atoms with Crippen molar-refractivity contribution in [2.24, 2.45) is 0 Å². The first kappa shape index (κ1) is 24.1. The third-order valence-corrected chi connectivity index (χ3v) is 4.69. The molecule has 0 atom stereocenters. The monoisotopic (exact) mass is 466 g/mol. The van der Waals surface area contributed by atoms with Gasteiger partial charge in [0.1, 0.15) is 17.6 Å². The minimum absolute atomic E-state index is 0.0213. The van der Waals surface area contributed by atoms with E-state index in [1.54, 1.807) is 0 Å². The fourth-order valence-corrected chi connectivity index (χ4v) is 3.08. The molecule has 1 aromatic heterocycles. The number of carboxylic acid groups (broad SMARTS) is 1. The molecule has 0 aliphatic rings. The van der Waals surface area contributed by atoms with E-state index in [0.717, 1.165) is 12.1 Å². The molecule has 0 radical (unpaired) electrons. The molecule has 2 aromatic carbocycles. The van der Waals surface area contributed by atoms with Gasteiger partial charge in [0.15, 0.2) is 0 Å². The van der Waals surface area contributed by atoms with Crippen molar-refractivity contribution in [3.05, 3.63) is 88.2 Å². The first-order valence-electron chi connectivity index (χ1n) is 9.94. The Balaban J connectivity index is 1.82. The van der Waals surface area contributed by atoms with Crippen LogP contribution in [0.3, 0.4) is 0 Å². The summed E-state index contributed by atoms with van der Waals surface area (Å²) in [5.74, 6) is 3.91. The standard InChI is InChI=1S/C25H17F3N2O4/c26-25(27,28)23-12-21(31)8-7-18(23)5-3-17-4-6-20(24(32)33)11-19(17)2-1-9-34-22-10-16(13-29)14-30-15-22/h4,6-8,10-12,14-15,31H,1-2,9H2,(H,32,33). The lowest BCUT2D eigenvalue weighted by Crippen LogP contribution is -2.07. The van der Waals surface area contributed by atoms with Gasteiger partial charge in [0, 0.05) is 23.4 Å². The number of rotatable bonds is 6. The zero-order chi connectivity index (χ0) is 24.7. The number of alkyl halides is 3. The number of carbonyl (C=O) groups is 1. The summed E-state index contributed by atoms with van der Waals surface area (Å²) in [6, 6.07) is 10.5. The van der Waals surface area contributed by atoms with E-state index in [4.69, 9.17) is 10.00 Å². The number of aromatic carboxylic acids is 1. The van der Waals surface area contributed by atoms with Crippen LogP contribution in [-0.4, -0.2) is 27.8 Å². The molecule has 0 aliphatic carbocycles. The predicted octanol–water partition coefficient (Wildman–Crippen LogP) is 4.79. The first-order chi connectivity index (χ1) is 16.2. The highest BCUT2D eigenvalue weighted by atomic mass is 19.4. The Morgan fingerprint density at radius 1 is 1.06 bits per heavy atom. The molecule has 0 saturated heterocycles. The van der Waals surface area contributed by atoms with Gasteiger partial charge >= 0.3 is 12.1 Å². The maximum atomic E-state index is 13.3. The number of hydrogen-bond acceptors (Lipinski definition) is 5. The quantitative estimate of drug-likeness (QED) is 0.400. The van der Waals surface area contributed by atoms with Gasteiger partial charge in [-0.2, -0.15) is 18.4 Å². The summed E-state index contributed by atoms with van der Waals surface area (Å²) in [4.78, 5) is 15.3. The lowest BCUT2D eigenvalue weighted by Gasteiger charge is -2.10. The number of nitrogens with zero attached hydrogens (tertiary/aromatic N) is 2. The molecule has 172 valence electrons. The minimum atomic E-state index is -4.70. The van der Waals surface area contributed by atoms with Gasteiger partial charge in [0.25, 0.3) is 0 Å². The Morgan fingerprint density at radius 3 is 2.50 bits per heavy atom. The average molecular weight is 466 g/mol. The number of benzene rings is 2. The van der Waals surface area contributed by atoms with Crippen molar-refractivity contribution >= 4 is 5.97 Å². The first-order valence-corrected chi connectivity index (χ1v) is 9.94. The van der Waals surface area contributed by atoms with E-state index in [-0.39, 0.29) is 17.7 Å². The maximum Gasteiger partial charge on any atom is 0.417 e. The zero-order valence-corrected chi connectivity index (χ0v) is 17.6. The average Bonchev–Trinajstić information content (AvgIpc) is 2.80. The molecule has 0 saturated carbocycles. The van der Waals surface area contributed by atoms with Crippen molar-refractivity contribution in [2.75, 3.05) is 6.61 Å². The number of ether oxygens (including phenoxy) is 1. The summed E-state index contributed by atoms with van der Waals surface area (Å²) in [6.45, 7) is 0.233. The fraction of sp³-hybridized carbons (Fsp3) is 0.160. The number of phenolic OH excluding ortho intramolecular Hbond substituents is 1. The Bertz CT molecular complexity index is 1320. The van der Waals surface area contributed by atoms with E-state index in [1.165, 1.54) is 36.7 Å². The maximum absolute atomic E-state index is 13.3. The molecular formula is C25H17F3N2O4. The van der Waals surface area contributed by atoms with Crippen LogP contribution in [-0.2, 0) is 12.6 Å². The number of aromatic nitrogens is 1. The Hall–Kier alpha value is -4.50. The van der Waals surface area contributed by atoms with Crippen molar-refractivity contribution in [1.82, 2.24) is 4.98 Å². The van der Waals surface area contributed by atoms with Gasteiger partial charge in [0.05, 0.1) is 29.5 Å². The molecule has 0 bridgehead atoms. The van der Waals surface area contributed by atoms with E-state index < -0.39 is 23.5 Å². The highest BCUT2D eigenvalue weighted by molar-refractivity contribution is 5.88. The van der Waals surface area contributed by atoms with Gasteiger partial charge in [0.2, 0.25) is 0 Å². The normalized spacial score (nSPS) is 10.6. The van der Waals surface area contributed by atoms with Crippen LogP contribution in [0.15, 0.2) is 54.9 Å². The lowest BCUT2D eigenvalue weighted by molar-refractivity contribution is -0.137. The molecule has 3 rings (SSSR count). The van der Waals surface area contributed by atoms with Crippen LogP contribution < -0.4 is 4.74 Å².